The van der Waals surface area contributed by atoms with Crippen LogP contribution in [-0.4, -0.2) is 42.9 Å². The number of benzene rings is 1. The van der Waals surface area contributed by atoms with Crippen LogP contribution < -0.4 is 0 Å². The van der Waals surface area contributed by atoms with Crippen LogP contribution >= 0.6 is 0 Å². The van der Waals surface area contributed by atoms with Crippen molar-refractivity contribution in [3.05, 3.63) is 35.1 Å². The number of nitrogens with zero attached hydrogens (tertiary/aromatic N) is 1. The zero-order chi connectivity index (χ0) is 15.7. The number of methoxy groups -OCH3 is 1. The van der Waals surface area contributed by atoms with Crippen molar-refractivity contribution in [2.45, 2.75) is 32.9 Å². The Labute approximate surface area is 126 Å². The van der Waals surface area contributed by atoms with Crippen molar-refractivity contribution in [2.24, 2.45) is 0 Å². The van der Waals surface area contributed by atoms with Crippen molar-refractivity contribution >= 4 is 0 Å². The predicted molar refractivity (Wildman–Crippen MR) is 82.4 cm³/mol. The van der Waals surface area contributed by atoms with Crippen LogP contribution in [0.4, 0.5) is 4.39 Å². The lowest BCUT2D eigenvalue weighted by atomic mass is 10.1. The normalized spacial score (nSPS) is 12.1. The minimum absolute atomic E-state index is 0.0242. The first-order valence-corrected chi connectivity index (χ1v) is 7.23. The van der Waals surface area contributed by atoms with Gasteiger partial charge in [-0.05, 0) is 25.6 Å². The van der Waals surface area contributed by atoms with E-state index >= 15 is 0 Å². The fourth-order valence-corrected chi connectivity index (χ4v) is 2.12. The van der Waals surface area contributed by atoms with Gasteiger partial charge in [-0.2, -0.15) is 0 Å². The first-order chi connectivity index (χ1) is 10.1. The highest BCUT2D eigenvalue weighted by Gasteiger charge is 2.14. The smallest absolute Gasteiger partial charge is 0.128 e. The number of ether oxygens (including phenoxy) is 1. The molecule has 0 saturated carbocycles. The Morgan fingerprint density at radius 1 is 1.43 bits per heavy atom. The maximum atomic E-state index is 14.1. The molecule has 1 rings (SSSR count). The quantitative estimate of drug-likeness (QED) is 0.784. The highest BCUT2D eigenvalue weighted by atomic mass is 19.1. The Bertz CT molecular complexity index is 493. The van der Waals surface area contributed by atoms with Crippen molar-refractivity contribution in [1.82, 2.24) is 4.90 Å². The summed E-state index contributed by atoms with van der Waals surface area (Å²) in [4.78, 5) is 2.17. The van der Waals surface area contributed by atoms with Crippen LogP contribution in [-0.2, 0) is 11.3 Å². The lowest BCUT2D eigenvalue weighted by molar-refractivity contribution is 0.0975. The molecule has 0 aliphatic heterocycles. The summed E-state index contributed by atoms with van der Waals surface area (Å²) in [7, 11) is 1.67. The lowest BCUT2D eigenvalue weighted by Crippen LogP contribution is -2.35. The van der Waals surface area contributed by atoms with Gasteiger partial charge in [-0.1, -0.05) is 24.8 Å². The molecule has 0 heterocycles. The highest BCUT2D eigenvalue weighted by Crippen LogP contribution is 2.14. The molecule has 4 heteroatoms. The summed E-state index contributed by atoms with van der Waals surface area (Å²) in [5, 5.41) is 8.67. The standard InChI is InChI=1S/C17H24FNO2/c1-4-19(14(2)13-21-3)12-16-9-8-15(11-17(16)18)7-5-6-10-20/h8-9,11,14,20H,4,6,10,12-13H2,1-3H3. The summed E-state index contributed by atoms with van der Waals surface area (Å²) < 4.78 is 19.3. The van der Waals surface area contributed by atoms with Crippen molar-refractivity contribution in [2.75, 3.05) is 26.9 Å². The van der Waals surface area contributed by atoms with E-state index in [0.29, 0.717) is 30.7 Å². The number of hydrogen-bond donors (Lipinski definition) is 1. The molecule has 0 spiro atoms. The fraction of sp³-hybridized carbons (Fsp3) is 0.529. The molecule has 0 aromatic heterocycles. The number of hydrogen-bond acceptors (Lipinski definition) is 3. The van der Waals surface area contributed by atoms with Crippen LogP contribution in [0.1, 0.15) is 31.4 Å². The topological polar surface area (TPSA) is 32.7 Å². The van der Waals surface area contributed by atoms with E-state index in [1.54, 1.807) is 13.2 Å². The molecule has 1 aromatic rings. The van der Waals surface area contributed by atoms with Crippen LogP contribution in [0.25, 0.3) is 0 Å². The second kappa shape index (κ2) is 9.51. The largest absolute Gasteiger partial charge is 0.395 e. The molecule has 1 N–H and O–H groups in total. The van der Waals surface area contributed by atoms with Crippen molar-refractivity contribution in [3.63, 3.8) is 0 Å². The van der Waals surface area contributed by atoms with Gasteiger partial charge in [-0.25, -0.2) is 4.39 Å². The molecular weight excluding hydrogens is 269 g/mol. The monoisotopic (exact) mass is 293 g/mol. The van der Waals surface area contributed by atoms with Gasteiger partial charge in [-0.15, -0.1) is 0 Å². The molecule has 0 saturated heterocycles. The maximum Gasteiger partial charge on any atom is 0.128 e. The van der Waals surface area contributed by atoms with Gasteiger partial charge in [-0.3, -0.25) is 4.90 Å². The van der Waals surface area contributed by atoms with Crippen molar-refractivity contribution in [1.29, 1.82) is 0 Å². The Morgan fingerprint density at radius 3 is 2.76 bits per heavy atom. The van der Waals surface area contributed by atoms with Gasteiger partial charge in [0.1, 0.15) is 5.82 Å². The average Bonchev–Trinajstić information content (AvgIpc) is 2.47. The number of likely N-dealkylation sites (N-methyl/N-ethyl adjacent to an activating group) is 1. The van der Waals surface area contributed by atoms with Gasteiger partial charge < -0.3 is 9.84 Å². The van der Waals surface area contributed by atoms with Crippen LogP contribution in [0.15, 0.2) is 18.2 Å². The SMILES string of the molecule is CCN(Cc1ccc(C#CCCO)cc1F)C(C)COC. The molecule has 0 bridgehead atoms. The summed E-state index contributed by atoms with van der Waals surface area (Å²) in [6, 6.07) is 5.29. The molecule has 0 aliphatic rings. The summed E-state index contributed by atoms with van der Waals surface area (Å²) in [5.74, 6) is 5.39. The highest BCUT2D eigenvalue weighted by molar-refractivity contribution is 5.37. The van der Waals surface area contributed by atoms with Gasteiger partial charge in [0.05, 0.1) is 13.2 Å². The Hall–Kier alpha value is -1.41. The van der Waals surface area contributed by atoms with E-state index in [1.165, 1.54) is 6.07 Å². The van der Waals surface area contributed by atoms with E-state index in [-0.39, 0.29) is 18.5 Å². The Balaban J connectivity index is 2.78. The van der Waals surface area contributed by atoms with Gasteiger partial charge in [0.25, 0.3) is 0 Å². The molecule has 3 nitrogen and oxygen atoms in total. The molecule has 1 atom stereocenters. The first-order valence-electron chi connectivity index (χ1n) is 7.23. The van der Waals surface area contributed by atoms with Gasteiger partial charge >= 0.3 is 0 Å². The third-order valence-electron chi connectivity index (χ3n) is 3.33. The minimum atomic E-state index is -0.242. The third-order valence-corrected chi connectivity index (χ3v) is 3.33. The summed E-state index contributed by atoms with van der Waals surface area (Å²) in [5.41, 5.74) is 1.30. The molecule has 116 valence electrons. The number of aliphatic hydroxyl groups excluding tert-OH is 1. The molecule has 0 fully saturated rings. The lowest BCUT2D eigenvalue weighted by Gasteiger charge is -2.27. The zero-order valence-electron chi connectivity index (χ0n) is 13.0. The molecule has 1 aromatic carbocycles. The molecule has 21 heavy (non-hydrogen) atoms. The second-order valence-corrected chi connectivity index (χ2v) is 4.95. The molecular formula is C17H24FNO2. The van der Waals surface area contributed by atoms with E-state index in [0.717, 1.165) is 6.54 Å². The van der Waals surface area contributed by atoms with Gasteiger partial charge in [0, 0.05) is 37.2 Å². The van der Waals surface area contributed by atoms with Gasteiger partial charge in [0.2, 0.25) is 0 Å². The summed E-state index contributed by atoms with van der Waals surface area (Å²) >= 11 is 0. The second-order valence-electron chi connectivity index (χ2n) is 4.95. The third kappa shape index (κ3) is 5.84. The van der Waals surface area contributed by atoms with E-state index in [1.807, 2.05) is 6.07 Å². The number of halogens is 1. The van der Waals surface area contributed by atoms with Crippen LogP contribution in [0.3, 0.4) is 0 Å². The molecule has 0 aliphatic carbocycles. The van der Waals surface area contributed by atoms with E-state index in [2.05, 4.69) is 30.6 Å². The fourth-order valence-electron chi connectivity index (χ4n) is 2.12. The predicted octanol–water partition coefficient (Wildman–Crippen LogP) is 2.42. The van der Waals surface area contributed by atoms with E-state index < -0.39 is 0 Å². The zero-order valence-corrected chi connectivity index (χ0v) is 13.0. The average molecular weight is 293 g/mol. The summed E-state index contributed by atoms with van der Waals surface area (Å²) in [6.45, 7) is 6.16. The number of rotatable bonds is 7. The van der Waals surface area contributed by atoms with E-state index in [4.69, 9.17) is 9.84 Å². The van der Waals surface area contributed by atoms with Crippen molar-refractivity contribution in [3.8, 4) is 11.8 Å². The van der Waals surface area contributed by atoms with Crippen LogP contribution in [0.5, 0.6) is 0 Å². The Kier molecular flexibility index (Phi) is 7.99. The summed E-state index contributed by atoms with van der Waals surface area (Å²) in [6.07, 6.45) is 0.404. The molecule has 0 radical (unpaired) electrons. The molecule has 0 amide bonds. The van der Waals surface area contributed by atoms with Crippen LogP contribution in [0, 0.1) is 17.7 Å². The van der Waals surface area contributed by atoms with E-state index in [9.17, 15) is 4.39 Å². The molecule has 1 unspecified atom stereocenters. The number of aliphatic hydroxyl groups is 1. The van der Waals surface area contributed by atoms with Gasteiger partial charge in [0.15, 0.2) is 0 Å². The minimum Gasteiger partial charge on any atom is -0.395 e. The Morgan fingerprint density at radius 2 is 2.19 bits per heavy atom. The van der Waals surface area contributed by atoms with Crippen molar-refractivity contribution < 1.29 is 14.2 Å². The van der Waals surface area contributed by atoms with Crippen LogP contribution in [0.2, 0.25) is 0 Å². The maximum absolute atomic E-state index is 14.1. The first kappa shape index (κ1) is 17.6.